The maximum Gasteiger partial charge on any atom is 0.490 e. The van der Waals surface area contributed by atoms with E-state index in [0.29, 0.717) is 4.57 Å². The Labute approximate surface area is 175 Å². The summed E-state index contributed by atoms with van der Waals surface area (Å²) in [5.41, 5.74) is -4.77. The Morgan fingerprint density at radius 1 is 1.25 bits per heavy atom. The number of hydrogen-bond acceptors (Lipinski definition) is 11. The molecule has 2 heterocycles. The molecule has 17 nitrogen and oxygen atoms in total. The quantitative estimate of drug-likeness (QED) is 0.130. The lowest BCUT2D eigenvalue weighted by Crippen LogP contribution is -2.77. The third-order valence-corrected chi connectivity index (χ3v) is 7.60. The molecule has 0 saturated carbocycles. The Hall–Kier alpha value is -1.36. The van der Waals surface area contributed by atoms with Gasteiger partial charge in [-0.1, -0.05) is 6.08 Å². The SMILES string of the molecule is C=C[C@H](O)[C@@]1(n2ccc(=O)[nH]c2=O)O[C@](F)(COP(=O)(O)OP(=O)(O)OP(=O)(O)O)[C@H]1O. The molecular formula is C11H16FN2O15P3. The number of aromatic amines is 1. The number of rotatable bonds is 10. The fourth-order valence-corrected chi connectivity index (χ4v) is 5.66. The molecule has 0 aliphatic carbocycles. The Morgan fingerprint density at radius 3 is 2.31 bits per heavy atom. The second-order valence-electron chi connectivity index (χ2n) is 6.07. The first-order valence-electron chi connectivity index (χ1n) is 7.86. The van der Waals surface area contributed by atoms with E-state index >= 15 is 0 Å². The molecule has 0 radical (unpaired) electrons. The molecule has 1 aromatic heterocycles. The molecule has 0 spiro atoms. The Morgan fingerprint density at radius 2 is 1.84 bits per heavy atom. The molecule has 0 aromatic carbocycles. The van der Waals surface area contributed by atoms with Gasteiger partial charge in [-0.15, -0.1) is 6.58 Å². The largest absolute Gasteiger partial charge is 0.490 e. The standard InChI is InChI=1S/C11H16FN2O15P3/c1-2-6(15)11(14-4-3-7(16)13-9(14)18)8(17)10(12,27-11)5-26-31(22,23)29-32(24,25)28-30(19,20)21/h2-4,6,8,15,17H,1,5H2,(H,22,23)(H,24,25)(H,13,16,18)(H2,19,20,21)/t6-,8+,10+,11+/m0/s1. The van der Waals surface area contributed by atoms with Gasteiger partial charge in [-0.2, -0.15) is 8.62 Å². The molecule has 32 heavy (non-hydrogen) atoms. The van der Waals surface area contributed by atoms with Crippen molar-refractivity contribution in [3.05, 3.63) is 45.8 Å². The topological polar surface area (TPSA) is 264 Å². The molecule has 1 aliphatic heterocycles. The maximum atomic E-state index is 14.9. The minimum Gasteiger partial charge on any atom is -0.384 e. The minimum atomic E-state index is -5.89. The fourth-order valence-electron chi connectivity index (χ4n) is 2.62. The number of ether oxygens (including phenoxy) is 1. The molecule has 2 rings (SSSR count). The van der Waals surface area contributed by atoms with Crippen LogP contribution in [0.15, 0.2) is 34.5 Å². The monoisotopic (exact) mass is 528 g/mol. The highest BCUT2D eigenvalue weighted by Crippen LogP contribution is 2.66. The average molecular weight is 528 g/mol. The first-order valence-corrected chi connectivity index (χ1v) is 12.4. The van der Waals surface area contributed by atoms with Gasteiger partial charge >= 0.3 is 29.2 Å². The predicted molar refractivity (Wildman–Crippen MR) is 96.2 cm³/mol. The summed E-state index contributed by atoms with van der Waals surface area (Å²) in [6.07, 6.45) is -3.07. The van der Waals surface area contributed by atoms with Crippen LogP contribution in [-0.2, 0) is 37.3 Å². The van der Waals surface area contributed by atoms with Crippen molar-refractivity contribution >= 4 is 23.5 Å². The third-order valence-electron chi connectivity index (χ3n) is 3.82. The highest BCUT2D eigenvalue weighted by atomic mass is 31.3. The minimum absolute atomic E-state index is 0.397. The lowest BCUT2D eigenvalue weighted by Gasteiger charge is -2.56. The van der Waals surface area contributed by atoms with Crippen molar-refractivity contribution < 1.29 is 65.8 Å². The predicted octanol–water partition coefficient (Wildman–Crippen LogP) is -1.86. The van der Waals surface area contributed by atoms with Gasteiger partial charge in [0.1, 0.15) is 12.7 Å². The van der Waals surface area contributed by atoms with Gasteiger partial charge in [0, 0.05) is 12.3 Å². The number of hydrogen-bond donors (Lipinski definition) is 7. The van der Waals surface area contributed by atoms with Crippen LogP contribution >= 0.6 is 23.5 Å². The van der Waals surface area contributed by atoms with Crippen molar-refractivity contribution in [2.45, 2.75) is 23.8 Å². The molecule has 7 N–H and O–H groups in total. The second kappa shape index (κ2) is 8.77. The highest BCUT2D eigenvalue weighted by Gasteiger charge is 2.71. The Bertz CT molecular complexity index is 1150. The number of alkyl halides is 1. The van der Waals surface area contributed by atoms with E-state index in [9.17, 15) is 42.8 Å². The lowest BCUT2D eigenvalue weighted by molar-refractivity contribution is -0.453. The number of aromatic nitrogens is 2. The number of nitrogens with zero attached hydrogens (tertiary/aromatic N) is 1. The van der Waals surface area contributed by atoms with Crippen molar-refractivity contribution in [3.63, 3.8) is 0 Å². The Kier molecular flexibility index (Phi) is 7.37. The van der Waals surface area contributed by atoms with Crippen LogP contribution in [0.5, 0.6) is 0 Å². The summed E-state index contributed by atoms with van der Waals surface area (Å²) < 4.78 is 64.6. The van der Waals surface area contributed by atoms with E-state index in [1.165, 1.54) is 0 Å². The number of H-pyrrole nitrogens is 1. The zero-order chi connectivity index (χ0) is 24.8. The van der Waals surface area contributed by atoms with Crippen LogP contribution in [0.4, 0.5) is 4.39 Å². The molecule has 1 fully saturated rings. The van der Waals surface area contributed by atoms with Crippen LogP contribution < -0.4 is 11.2 Å². The van der Waals surface area contributed by atoms with Crippen LogP contribution in [0.2, 0.25) is 0 Å². The van der Waals surface area contributed by atoms with Crippen LogP contribution in [0.3, 0.4) is 0 Å². The van der Waals surface area contributed by atoms with Crippen molar-refractivity contribution in [2.75, 3.05) is 6.61 Å². The normalized spacial score (nSPS) is 30.5. The maximum absolute atomic E-state index is 14.9. The third kappa shape index (κ3) is 5.58. The van der Waals surface area contributed by atoms with Gasteiger partial charge in [0.05, 0.1) is 0 Å². The molecule has 6 atom stereocenters. The number of phosphoric ester groups is 1. The van der Waals surface area contributed by atoms with Gasteiger partial charge in [-0.25, -0.2) is 22.9 Å². The van der Waals surface area contributed by atoms with Gasteiger partial charge in [0.25, 0.3) is 11.4 Å². The molecule has 1 saturated heterocycles. The summed E-state index contributed by atoms with van der Waals surface area (Å²) in [5.74, 6) is -3.45. The first-order chi connectivity index (χ1) is 14.4. The van der Waals surface area contributed by atoms with E-state index < -0.39 is 65.1 Å². The van der Waals surface area contributed by atoms with Crippen LogP contribution in [0, 0.1) is 0 Å². The summed E-state index contributed by atoms with van der Waals surface area (Å²) in [5, 5.41) is 20.4. The molecule has 0 amide bonds. The second-order valence-corrected chi connectivity index (χ2v) is 10.5. The van der Waals surface area contributed by atoms with Crippen LogP contribution in [-0.4, -0.2) is 64.0 Å². The average Bonchev–Trinajstić information content (AvgIpc) is 2.61. The summed E-state index contributed by atoms with van der Waals surface area (Å²) in [6.45, 7) is 1.46. The van der Waals surface area contributed by atoms with E-state index in [1.54, 1.807) is 4.98 Å². The van der Waals surface area contributed by atoms with Gasteiger partial charge in [-0.3, -0.25) is 18.9 Å². The van der Waals surface area contributed by atoms with Crippen molar-refractivity contribution in [1.29, 1.82) is 0 Å². The zero-order valence-corrected chi connectivity index (χ0v) is 18.0. The first kappa shape index (κ1) is 26.9. The molecular weight excluding hydrogens is 512 g/mol. The summed E-state index contributed by atoms with van der Waals surface area (Å²) in [6, 6.07) is 0.763. The van der Waals surface area contributed by atoms with Gasteiger partial charge in [0.15, 0.2) is 6.10 Å². The number of aliphatic hydroxyl groups is 2. The molecule has 21 heteroatoms. The van der Waals surface area contributed by atoms with Crippen LogP contribution in [0.25, 0.3) is 0 Å². The summed E-state index contributed by atoms with van der Waals surface area (Å²) in [4.78, 5) is 60.3. The molecule has 1 aliphatic rings. The molecule has 0 bridgehead atoms. The van der Waals surface area contributed by atoms with Crippen molar-refractivity contribution in [2.24, 2.45) is 0 Å². The van der Waals surface area contributed by atoms with E-state index in [-0.39, 0.29) is 0 Å². The smallest absolute Gasteiger partial charge is 0.384 e. The van der Waals surface area contributed by atoms with Crippen LogP contribution in [0.1, 0.15) is 0 Å². The molecule has 1 aromatic rings. The van der Waals surface area contributed by atoms with Crippen molar-refractivity contribution in [3.8, 4) is 0 Å². The van der Waals surface area contributed by atoms with Crippen molar-refractivity contribution in [1.82, 2.24) is 9.55 Å². The fraction of sp³-hybridized carbons (Fsp3) is 0.455. The summed E-state index contributed by atoms with van der Waals surface area (Å²) in [7, 11) is -17.3. The van der Waals surface area contributed by atoms with E-state index in [4.69, 9.17) is 19.4 Å². The summed E-state index contributed by atoms with van der Waals surface area (Å²) >= 11 is 0. The van der Waals surface area contributed by atoms with Gasteiger partial charge in [-0.05, 0) is 0 Å². The lowest BCUT2D eigenvalue weighted by atomic mass is 9.86. The van der Waals surface area contributed by atoms with Gasteiger partial charge in [0.2, 0.25) is 5.72 Å². The number of nitrogens with one attached hydrogen (secondary N) is 1. The van der Waals surface area contributed by atoms with E-state index in [1.807, 2.05) is 0 Å². The Balaban J connectivity index is 2.24. The zero-order valence-electron chi connectivity index (χ0n) is 15.3. The molecule has 2 unspecified atom stereocenters. The van der Waals surface area contributed by atoms with E-state index in [0.717, 1.165) is 18.3 Å². The van der Waals surface area contributed by atoms with E-state index in [2.05, 4.69) is 19.7 Å². The molecule has 182 valence electrons. The van der Waals surface area contributed by atoms with Gasteiger partial charge < -0.3 is 34.5 Å². The highest BCUT2D eigenvalue weighted by molar-refractivity contribution is 7.66. The number of halogens is 1. The number of aliphatic hydroxyl groups excluding tert-OH is 2. The number of phosphoric acid groups is 3.